The molecule has 1 heterocycles. The van der Waals surface area contributed by atoms with E-state index in [4.69, 9.17) is 0 Å². The van der Waals surface area contributed by atoms with Gasteiger partial charge in [-0.2, -0.15) is 0 Å². The zero-order valence-corrected chi connectivity index (χ0v) is 13.5. The highest BCUT2D eigenvalue weighted by molar-refractivity contribution is 5.94. The predicted octanol–water partition coefficient (Wildman–Crippen LogP) is 3.36. The van der Waals surface area contributed by atoms with Crippen LogP contribution in [0.25, 0.3) is 0 Å². The van der Waals surface area contributed by atoms with Crippen molar-refractivity contribution in [2.45, 2.75) is 12.8 Å². The van der Waals surface area contributed by atoms with Gasteiger partial charge in [0.25, 0.3) is 0 Å². The van der Waals surface area contributed by atoms with Gasteiger partial charge in [-0.15, -0.1) is 0 Å². The van der Waals surface area contributed by atoms with Crippen molar-refractivity contribution < 1.29 is 4.79 Å². The van der Waals surface area contributed by atoms with Gasteiger partial charge >= 0.3 is 0 Å². The summed E-state index contributed by atoms with van der Waals surface area (Å²) in [6.45, 7) is 2.60. The molecule has 0 unspecified atom stereocenters. The molecule has 0 bridgehead atoms. The molecule has 1 fully saturated rings. The minimum atomic E-state index is -0.00900. The number of amides is 1. The average Bonchev–Trinajstić information content (AvgIpc) is 3.11. The van der Waals surface area contributed by atoms with Gasteiger partial charge in [0.2, 0.25) is 5.91 Å². The topological polar surface area (TPSA) is 35.6 Å². The molecule has 0 aromatic heterocycles. The number of hydrogen-bond donors (Lipinski definition) is 1. The normalized spacial score (nSPS) is 13.9. The SMILES string of the molecule is CN(CC(=O)Nc1ccc(N2CCCC2)cc1)c1ccccc1. The molecule has 1 aliphatic heterocycles. The quantitative estimate of drug-likeness (QED) is 0.920. The van der Waals surface area contributed by atoms with Gasteiger partial charge in [0.05, 0.1) is 6.54 Å². The highest BCUT2D eigenvalue weighted by Gasteiger charge is 2.12. The van der Waals surface area contributed by atoms with Gasteiger partial charge in [0, 0.05) is 37.2 Å². The molecule has 0 atom stereocenters. The van der Waals surface area contributed by atoms with E-state index in [9.17, 15) is 4.79 Å². The van der Waals surface area contributed by atoms with Crippen molar-refractivity contribution >= 4 is 23.0 Å². The van der Waals surface area contributed by atoms with Crippen LogP contribution in [-0.2, 0) is 4.79 Å². The van der Waals surface area contributed by atoms with E-state index in [0.717, 1.165) is 24.5 Å². The third kappa shape index (κ3) is 4.03. The van der Waals surface area contributed by atoms with E-state index in [2.05, 4.69) is 22.3 Å². The van der Waals surface area contributed by atoms with Crippen LogP contribution in [0.4, 0.5) is 17.1 Å². The molecule has 0 aliphatic carbocycles. The lowest BCUT2D eigenvalue weighted by atomic mass is 10.2. The van der Waals surface area contributed by atoms with Crippen LogP contribution in [-0.4, -0.2) is 32.6 Å². The number of likely N-dealkylation sites (N-methyl/N-ethyl adjacent to an activating group) is 1. The highest BCUT2D eigenvalue weighted by Crippen LogP contribution is 2.22. The van der Waals surface area contributed by atoms with Gasteiger partial charge in [-0.05, 0) is 49.2 Å². The Balaban J connectivity index is 1.55. The number of carbonyl (C=O) groups excluding carboxylic acids is 1. The van der Waals surface area contributed by atoms with Crippen molar-refractivity contribution in [2.75, 3.05) is 41.8 Å². The molecule has 2 aromatic rings. The molecule has 1 N–H and O–H groups in total. The molecule has 1 amide bonds. The molecule has 3 rings (SSSR count). The van der Waals surface area contributed by atoms with E-state index in [0.29, 0.717) is 6.54 Å². The number of anilines is 3. The minimum Gasteiger partial charge on any atom is -0.372 e. The molecular formula is C19H23N3O. The van der Waals surface area contributed by atoms with E-state index < -0.39 is 0 Å². The van der Waals surface area contributed by atoms with Crippen molar-refractivity contribution in [1.82, 2.24) is 0 Å². The molecule has 120 valence electrons. The predicted molar refractivity (Wildman–Crippen MR) is 96.2 cm³/mol. The molecule has 2 aromatic carbocycles. The number of hydrogen-bond acceptors (Lipinski definition) is 3. The summed E-state index contributed by atoms with van der Waals surface area (Å²) in [5.41, 5.74) is 3.12. The Morgan fingerprint density at radius 2 is 1.70 bits per heavy atom. The van der Waals surface area contributed by atoms with Crippen LogP contribution < -0.4 is 15.1 Å². The van der Waals surface area contributed by atoms with E-state index in [1.807, 2.05) is 54.4 Å². The lowest BCUT2D eigenvalue weighted by molar-refractivity contribution is -0.114. The number of nitrogens with one attached hydrogen (secondary N) is 1. The highest BCUT2D eigenvalue weighted by atomic mass is 16.2. The maximum atomic E-state index is 12.2. The third-order valence-corrected chi connectivity index (χ3v) is 4.20. The average molecular weight is 309 g/mol. The third-order valence-electron chi connectivity index (χ3n) is 4.20. The lowest BCUT2D eigenvalue weighted by Gasteiger charge is -2.19. The second kappa shape index (κ2) is 7.18. The van der Waals surface area contributed by atoms with Gasteiger partial charge in [0.15, 0.2) is 0 Å². The summed E-state index contributed by atoms with van der Waals surface area (Å²) < 4.78 is 0. The Kier molecular flexibility index (Phi) is 4.81. The van der Waals surface area contributed by atoms with E-state index in [1.54, 1.807) is 0 Å². The standard InChI is InChI=1S/C19H23N3O/c1-21(17-7-3-2-4-8-17)15-19(23)20-16-9-11-18(12-10-16)22-13-5-6-14-22/h2-4,7-12H,5-6,13-15H2,1H3,(H,20,23). The number of carbonyl (C=O) groups is 1. The van der Waals surface area contributed by atoms with Crippen LogP contribution in [0.3, 0.4) is 0 Å². The summed E-state index contributed by atoms with van der Waals surface area (Å²) in [4.78, 5) is 16.5. The van der Waals surface area contributed by atoms with Crippen LogP contribution in [0.1, 0.15) is 12.8 Å². The van der Waals surface area contributed by atoms with Crippen molar-refractivity contribution in [3.63, 3.8) is 0 Å². The Labute approximate surface area is 137 Å². The molecular weight excluding hydrogens is 286 g/mol. The number of benzene rings is 2. The number of nitrogens with zero attached hydrogens (tertiary/aromatic N) is 2. The fourth-order valence-corrected chi connectivity index (χ4v) is 2.92. The van der Waals surface area contributed by atoms with Crippen LogP contribution in [0.2, 0.25) is 0 Å². The summed E-state index contributed by atoms with van der Waals surface area (Å²) in [5.74, 6) is -0.00900. The smallest absolute Gasteiger partial charge is 0.243 e. The second-order valence-corrected chi connectivity index (χ2v) is 5.98. The summed E-state index contributed by atoms with van der Waals surface area (Å²) >= 11 is 0. The molecule has 4 heteroatoms. The van der Waals surface area contributed by atoms with Crippen LogP contribution >= 0.6 is 0 Å². The Morgan fingerprint density at radius 3 is 2.35 bits per heavy atom. The van der Waals surface area contributed by atoms with E-state index in [1.165, 1.54) is 18.5 Å². The van der Waals surface area contributed by atoms with Crippen molar-refractivity contribution in [3.8, 4) is 0 Å². The number of rotatable bonds is 5. The summed E-state index contributed by atoms with van der Waals surface area (Å²) in [5, 5.41) is 2.96. The zero-order valence-electron chi connectivity index (χ0n) is 13.5. The first-order valence-corrected chi connectivity index (χ1v) is 8.13. The molecule has 1 saturated heterocycles. The molecule has 4 nitrogen and oxygen atoms in total. The number of para-hydroxylation sites is 1. The molecule has 23 heavy (non-hydrogen) atoms. The Hall–Kier alpha value is -2.49. The first kappa shape index (κ1) is 15.4. The lowest BCUT2D eigenvalue weighted by Crippen LogP contribution is -2.30. The van der Waals surface area contributed by atoms with Crippen molar-refractivity contribution in [1.29, 1.82) is 0 Å². The van der Waals surface area contributed by atoms with E-state index >= 15 is 0 Å². The second-order valence-electron chi connectivity index (χ2n) is 5.98. The molecule has 0 saturated carbocycles. The summed E-state index contributed by atoms with van der Waals surface area (Å²) in [6.07, 6.45) is 2.54. The first-order chi connectivity index (χ1) is 11.2. The zero-order chi connectivity index (χ0) is 16.1. The summed E-state index contributed by atoms with van der Waals surface area (Å²) in [7, 11) is 1.92. The van der Waals surface area contributed by atoms with Gasteiger partial charge in [-0.1, -0.05) is 18.2 Å². The molecule has 0 spiro atoms. The maximum absolute atomic E-state index is 12.2. The largest absolute Gasteiger partial charge is 0.372 e. The summed E-state index contributed by atoms with van der Waals surface area (Å²) in [6, 6.07) is 18.0. The Bertz CT molecular complexity index is 633. The molecule has 1 aliphatic rings. The van der Waals surface area contributed by atoms with Gasteiger partial charge in [-0.3, -0.25) is 4.79 Å². The fourth-order valence-electron chi connectivity index (χ4n) is 2.92. The fraction of sp³-hybridized carbons (Fsp3) is 0.316. The van der Waals surface area contributed by atoms with Crippen molar-refractivity contribution in [3.05, 3.63) is 54.6 Å². The van der Waals surface area contributed by atoms with Crippen LogP contribution in [0.15, 0.2) is 54.6 Å². The maximum Gasteiger partial charge on any atom is 0.243 e. The first-order valence-electron chi connectivity index (χ1n) is 8.13. The van der Waals surface area contributed by atoms with Crippen LogP contribution in [0, 0.1) is 0 Å². The van der Waals surface area contributed by atoms with Crippen LogP contribution in [0.5, 0.6) is 0 Å². The van der Waals surface area contributed by atoms with E-state index in [-0.39, 0.29) is 5.91 Å². The Morgan fingerprint density at radius 1 is 1.04 bits per heavy atom. The monoisotopic (exact) mass is 309 g/mol. The molecule has 0 radical (unpaired) electrons. The van der Waals surface area contributed by atoms with Gasteiger partial charge in [-0.25, -0.2) is 0 Å². The van der Waals surface area contributed by atoms with Crippen molar-refractivity contribution in [2.24, 2.45) is 0 Å². The van der Waals surface area contributed by atoms with Gasteiger partial charge < -0.3 is 15.1 Å². The minimum absolute atomic E-state index is 0.00900. The van der Waals surface area contributed by atoms with Gasteiger partial charge in [0.1, 0.15) is 0 Å².